The molecule has 2 rings (SSSR count). The number of amides is 1. The van der Waals surface area contributed by atoms with Crippen LogP contribution >= 0.6 is 0 Å². The molecule has 0 aliphatic carbocycles. The maximum atomic E-state index is 12.9. The Balaban J connectivity index is 2.22. The molecule has 6 nitrogen and oxygen atoms in total. The first kappa shape index (κ1) is 18.2. The summed E-state index contributed by atoms with van der Waals surface area (Å²) in [4.78, 5) is 11.9. The minimum absolute atomic E-state index is 0.242. The average Bonchev–Trinajstić information content (AvgIpc) is 3.03. The Morgan fingerprint density at radius 3 is 2.42 bits per heavy atom. The second-order valence-electron chi connectivity index (χ2n) is 4.85. The molecule has 13 heteroatoms. The van der Waals surface area contributed by atoms with Gasteiger partial charge in [0.25, 0.3) is 18.8 Å². The fourth-order valence-corrected chi connectivity index (χ4v) is 1.96. The van der Waals surface area contributed by atoms with Gasteiger partial charge in [0.1, 0.15) is 12.3 Å². The van der Waals surface area contributed by atoms with Crippen molar-refractivity contribution in [3.05, 3.63) is 18.0 Å². The van der Waals surface area contributed by atoms with E-state index in [2.05, 4.69) is 10.2 Å². The highest BCUT2D eigenvalue weighted by Gasteiger charge is 2.53. The van der Waals surface area contributed by atoms with Crippen LogP contribution in [-0.2, 0) is 17.5 Å². The summed E-state index contributed by atoms with van der Waals surface area (Å²) < 4.78 is 88.7. The van der Waals surface area contributed by atoms with E-state index < -0.39 is 55.0 Å². The normalized spacial score (nSPS) is 21.8. The average molecular weight is 362 g/mol. The lowest BCUT2D eigenvalue weighted by Crippen LogP contribution is -2.52. The van der Waals surface area contributed by atoms with Gasteiger partial charge in [0.15, 0.2) is 5.69 Å². The Bertz CT molecular complexity index is 657. The van der Waals surface area contributed by atoms with Gasteiger partial charge in [0.2, 0.25) is 5.72 Å². The first-order valence-electron chi connectivity index (χ1n) is 6.25. The first-order chi connectivity index (χ1) is 10.9. The zero-order chi connectivity index (χ0) is 18.3. The van der Waals surface area contributed by atoms with E-state index in [9.17, 15) is 40.6 Å². The number of nitrogens with zero attached hydrogens (tertiary/aromatic N) is 4. The molecule has 1 amide bonds. The zero-order valence-corrected chi connectivity index (χ0v) is 11.5. The van der Waals surface area contributed by atoms with Crippen molar-refractivity contribution in [3.63, 3.8) is 0 Å². The minimum Gasteiger partial charge on any atom is -0.364 e. The number of aliphatic hydroxyl groups is 1. The number of hydrogen-bond acceptors (Lipinski definition) is 4. The molecular formula is C11H9F7N4O2. The van der Waals surface area contributed by atoms with Crippen LogP contribution in [0.4, 0.5) is 30.7 Å². The van der Waals surface area contributed by atoms with Gasteiger partial charge >= 0.3 is 6.18 Å². The molecule has 0 unspecified atom stereocenters. The van der Waals surface area contributed by atoms with Gasteiger partial charge in [0.05, 0.1) is 0 Å². The Labute approximate surface area is 129 Å². The molecule has 1 aliphatic heterocycles. The molecule has 0 aromatic carbocycles. The molecule has 1 aliphatic rings. The van der Waals surface area contributed by atoms with Crippen molar-refractivity contribution in [2.75, 3.05) is 0 Å². The van der Waals surface area contributed by atoms with Crippen molar-refractivity contribution in [2.24, 2.45) is 5.10 Å². The van der Waals surface area contributed by atoms with E-state index >= 15 is 0 Å². The number of halogens is 7. The van der Waals surface area contributed by atoms with Crippen LogP contribution in [0.2, 0.25) is 0 Å². The third-order valence-corrected chi connectivity index (χ3v) is 3.10. The van der Waals surface area contributed by atoms with E-state index in [4.69, 9.17) is 0 Å². The number of alkyl halides is 7. The SMILES string of the molecule is O=C(Cn1ccc(C(F)(F)F)n1)N1N=C(C(F)F)C[C@]1(O)C(F)F. The van der Waals surface area contributed by atoms with Crippen molar-refractivity contribution in [3.8, 4) is 0 Å². The van der Waals surface area contributed by atoms with Crippen LogP contribution < -0.4 is 0 Å². The third-order valence-electron chi connectivity index (χ3n) is 3.10. The van der Waals surface area contributed by atoms with Crippen LogP contribution in [0.25, 0.3) is 0 Å². The fourth-order valence-electron chi connectivity index (χ4n) is 1.96. The van der Waals surface area contributed by atoms with E-state index in [1.54, 1.807) is 0 Å². The van der Waals surface area contributed by atoms with Crippen LogP contribution in [0.3, 0.4) is 0 Å². The molecule has 0 radical (unpaired) electrons. The van der Waals surface area contributed by atoms with Crippen LogP contribution in [0.1, 0.15) is 12.1 Å². The lowest BCUT2D eigenvalue weighted by atomic mass is 10.1. The molecule has 1 atom stereocenters. The molecule has 2 heterocycles. The number of carbonyl (C=O) groups excluding carboxylic acids is 1. The van der Waals surface area contributed by atoms with Crippen molar-refractivity contribution >= 4 is 11.6 Å². The van der Waals surface area contributed by atoms with Crippen LogP contribution in [0, 0.1) is 0 Å². The van der Waals surface area contributed by atoms with Crippen LogP contribution in [-0.4, -0.2) is 50.1 Å². The standard InChI is InChI=1S/C11H9F7N4O2/c12-8(13)5-3-10(24,9(14)15)22(19-5)7(23)4-21-2-1-6(20-21)11(16,17)18/h1-2,8-9,24H,3-4H2/t10-/m0/s1. The molecule has 24 heavy (non-hydrogen) atoms. The molecule has 0 saturated heterocycles. The summed E-state index contributed by atoms with van der Waals surface area (Å²) in [5.41, 5.74) is -5.76. The Hall–Kier alpha value is -2.18. The summed E-state index contributed by atoms with van der Waals surface area (Å²) in [6.45, 7) is -1.01. The number of hydrogen-bond donors (Lipinski definition) is 1. The van der Waals surface area contributed by atoms with Crippen LogP contribution in [0.5, 0.6) is 0 Å². The number of aromatic nitrogens is 2. The van der Waals surface area contributed by atoms with Gasteiger partial charge in [0, 0.05) is 12.6 Å². The Kier molecular flexibility index (Phi) is 4.57. The highest BCUT2D eigenvalue weighted by Crippen LogP contribution is 2.33. The second kappa shape index (κ2) is 6.03. The molecule has 0 saturated carbocycles. The smallest absolute Gasteiger partial charge is 0.364 e. The van der Waals surface area contributed by atoms with Gasteiger partial charge in [-0.1, -0.05) is 0 Å². The summed E-state index contributed by atoms with van der Waals surface area (Å²) in [6.07, 6.45) is -12.2. The van der Waals surface area contributed by atoms with Crippen molar-refractivity contribution in [2.45, 2.75) is 37.7 Å². The van der Waals surface area contributed by atoms with E-state index in [-0.39, 0.29) is 5.01 Å². The first-order valence-corrected chi connectivity index (χ1v) is 6.25. The highest BCUT2D eigenvalue weighted by molar-refractivity contribution is 5.92. The van der Waals surface area contributed by atoms with E-state index in [0.29, 0.717) is 10.7 Å². The molecule has 1 N–H and O–H groups in total. The molecule has 0 bridgehead atoms. The lowest BCUT2D eigenvalue weighted by molar-refractivity contribution is -0.192. The molecule has 134 valence electrons. The maximum absolute atomic E-state index is 12.9. The third kappa shape index (κ3) is 3.34. The van der Waals surface area contributed by atoms with Gasteiger partial charge in [-0.15, -0.1) is 0 Å². The van der Waals surface area contributed by atoms with E-state index in [0.717, 1.165) is 6.20 Å². The second-order valence-corrected chi connectivity index (χ2v) is 4.85. The lowest BCUT2D eigenvalue weighted by Gasteiger charge is -2.29. The van der Waals surface area contributed by atoms with Crippen molar-refractivity contribution < 1.29 is 40.6 Å². The number of carbonyl (C=O) groups is 1. The summed E-state index contributed by atoms with van der Waals surface area (Å²) in [7, 11) is 0. The number of rotatable bonds is 4. The topological polar surface area (TPSA) is 70.7 Å². The zero-order valence-electron chi connectivity index (χ0n) is 11.5. The summed E-state index contributed by atoms with van der Waals surface area (Å²) in [5, 5.41) is 15.5. The molecule has 1 aromatic heterocycles. The fraction of sp³-hybridized carbons (Fsp3) is 0.545. The van der Waals surface area contributed by atoms with Gasteiger partial charge in [-0.25, -0.2) is 17.6 Å². The van der Waals surface area contributed by atoms with E-state index in [1.165, 1.54) is 0 Å². The quantitative estimate of drug-likeness (QED) is 0.829. The monoisotopic (exact) mass is 362 g/mol. The summed E-state index contributed by atoms with van der Waals surface area (Å²) >= 11 is 0. The molecular weight excluding hydrogens is 353 g/mol. The molecule has 0 spiro atoms. The van der Waals surface area contributed by atoms with Crippen molar-refractivity contribution in [1.29, 1.82) is 0 Å². The Morgan fingerprint density at radius 2 is 1.96 bits per heavy atom. The largest absolute Gasteiger partial charge is 0.435 e. The summed E-state index contributed by atoms with van der Waals surface area (Å²) in [5.74, 6) is -1.43. The highest BCUT2D eigenvalue weighted by atomic mass is 19.4. The van der Waals surface area contributed by atoms with Gasteiger partial charge in [-0.3, -0.25) is 9.48 Å². The van der Waals surface area contributed by atoms with Crippen LogP contribution in [0.15, 0.2) is 17.4 Å². The summed E-state index contributed by atoms with van der Waals surface area (Å²) in [6, 6.07) is 0.532. The number of hydrazone groups is 1. The predicted molar refractivity (Wildman–Crippen MR) is 63.1 cm³/mol. The minimum atomic E-state index is -4.79. The van der Waals surface area contributed by atoms with Gasteiger partial charge < -0.3 is 5.11 Å². The van der Waals surface area contributed by atoms with E-state index in [1.807, 2.05) is 0 Å². The van der Waals surface area contributed by atoms with Gasteiger partial charge in [-0.2, -0.15) is 28.4 Å². The van der Waals surface area contributed by atoms with Crippen molar-refractivity contribution in [1.82, 2.24) is 14.8 Å². The Morgan fingerprint density at radius 1 is 1.33 bits per heavy atom. The molecule has 1 aromatic rings. The predicted octanol–water partition coefficient (Wildman–Crippen LogP) is 1.71. The van der Waals surface area contributed by atoms with Gasteiger partial charge in [-0.05, 0) is 6.07 Å². The molecule has 0 fully saturated rings. The maximum Gasteiger partial charge on any atom is 0.435 e.